The second-order valence-corrected chi connectivity index (χ2v) is 10.8. The van der Waals surface area contributed by atoms with Crippen molar-refractivity contribution in [3.05, 3.63) is 54.1 Å². The molecule has 2 fully saturated rings. The van der Waals surface area contributed by atoms with E-state index in [9.17, 15) is 13.2 Å². The molecule has 31 heavy (non-hydrogen) atoms. The molecule has 0 saturated carbocycles. The Morgan fingerprint density at radius 3 is 2.52 bits per heavy atom. The molecule has 0 unspecified atom stereocenters. The summed E-state index contributed by atoms with van der Waals surface area (Å²) < 4.78 is 34.4. The lowest BCUT2D eigenvalue weighted by Crippen LogP contribution is -2.49. The predicted octanol–water partition coefficient (Wildman–Crippen LogP) is 3.00. The number of hydrogen-bond donors (Lipinski definition) is 1. The van der Waals surface area contributed by atoms with Gasteiger partial charge in [0.2, 0.25) is 5.91 Å². The summed E-state index contributed by atoms with van der Waals surface area (Å²) in [6.07, 6.45) is 2.36. The maximum Gasteiger partial charge on any atom is 0.226 e. The van der Waals surface area contributed by atoms with E-state index >= 15 is 0 Å². The van der Waals surface area contributed by atoms with Gasteiger partial charge in [0.1, 0.15) is 5.75 Å². The van der Waals surface area contributed by atoms with Crippen LogP contribution >= 0.6 is 0 Å². The summed E-state index contributed by atoms with van der Waals surface area (Å²) in [5.74, 6) is 0.954. The van der Waals surface area contributed by atoms with E-state index in [4.69, 9.17) is 9.47 Å². The molecule has 7 heteroatoms. The Bertz CT molecular complexity index is 1030. The van der Waals surface area contributed by atoms with E-state index in [2.05, 4.69) is 23.5 Å². The number of rotatable bonds is 6. The van der Waals surface area contributed by atoms with Gasteiger partial charge in [0.25, 0.3) is 0 Å². The maximum atomic E-state index is 13.3. The highest BCUT2D eigenvalue weighted by Crippen LogP contribution is 2.36. The molecule has 4 rings (SSSR count). The third kappa shape index (κ3) is 5.10. The van der Waals surface area contributed by atoms with Crippen LogP contribution in [0.25, 0.3) is 11.1 Å². The maximum absolute atomic E-state index is 13.3. The molecule has 0 aromatic heterocycles. The SMILES string of the molecule is COc1ccc(-c2cccc(CC3(C(=O)N[C@H]4CCS(=O)(=O)C4)CCOCC3)c2)cc1. The van der Waals surface area contributed by atoms with Gasteiger partial charge in [-0.3, -0.25) is 4.79 Å². The largest absolute Gasteiger partial charge is 0.497 e. The van der Waals surface area contributed by atoms with Crippen LogP contribution in [-0.2, 0) is 25.8 Å². The van der Waals surface area contributed by atoms with Crippen LogP contribution in [0.15, 0.2) is 48.5 Å². The number of hydrogen-bond acceptors (Lipinski definition) is 5. The number of methoxy groups -OCH3 is 1. The third-order valence-electron chi connectivity index (χ3n) is 6.39. The van der Waals surface area contributed by atoms with Crippen molar-refractivity contribution in [2.45, 2.75) is 31.7 Å². The van der Waals surface area contributed by atoms with Crippen LogP contribution in [0.1, 0.15) is 24.8 Å². The molecule has 6 nitrogen and oxygen atoms in total. The van der Waals surface area contributed by atoms with Crippen LogP contribution in [0.3, 0.4) is 0 Å². The van der Waals surface area contributed by atoms with Gasteiger partial charge in [0, 0.05) is 19.3 Å². The van der Waals surface area contributed by atoms with Crippen LogP contribution in [0, 0.1) is 5.41 Å². The highest BCUT2D eigenvalue weighted by atomic mass is 32.2. The first-order valence-electron chi connectivity index (χ1n) is 10.7. The van der Waals surface area contributed by atoms with Crippen LogP contribution in [0.4, 0.5) is 0 Å². The number of nitrogens with one attached hydrogen (secondary N) is 1. The van der Waals surface area contributed by atoms with E-state index < -0.39 is 15.3 Å². The highest BCUT2D eigenvalue weighted by Gasteiger charge is 2.42. The average molecular weight is 444 g/mol. The molecule has 2 aliphatic heterocycles. The van der Waals surface area contributed by atoms with Crippen molar-refractivity contribution in [2.24, 2.45) is 5.41 Å². The summed E-state index contributed by atoms with van der Waals surface area (Å²) in [5, 5.41) is 3.04. The average Bonchev–Trinajstić information content (AvgIpc) is 3.12. The number of ether oxygens (including phenoxy) is 2. The monoisotopic (exact) mass is 443 g/mol. The number of carbonyl (C=O) groups excluding carboxylic acids is 1. The standard InChI is InChI=1S/C24H29NO5S/c1-29-22-7-5-19(6-8-22)20-4-2-3-18(15-20)16-24(10-12-30-13-11-24)23(26)25-21-9-14-31(27,28)17-21/h2-8,15,21H,9-14,16-17H2,1H3,(H,25,26)/t21-/m0/s1. The molecule has 2 saturated heterocycles. The van der Waals surface area contributed by atoms with Gasteiger partial charge in [0.05, 0.1) is 24.0 Å². The van der Waals surface area contributed by atoms with E-state index in [1.807, 2.05) is 30.3 Å². The van der Waals surface area contributed by atoms with Crippen LogP contribution in [0.2, 0.25) is 0 Å². The Morgan fingerprint density at radius 2 is 1.87 bits per heavy atom. The Kier molecular flexibility index (Phi) is 6.34. The molecular formula is C24H29NO5S. The summed E-state index contributed by atoms with van der Waals surface area (Å²) in [7, 11) is -1.39. The molecule has 1 N–H and O–H groups in total. The van der Waals surface area contributed by atoms with E-state index in [-0.39, 0.29) is 23.5 Å². The molecular weight excluding hydrogens is 414 g/mol. The van der Waals surface area contributed by atoms with Gasteiger partial charge in [-0.05, 0) is 54.5 Å². The van der Waals surface area contributed by atoms with Crippen LogP contribution < -0.4 is 10.1 Å². The summed E-state index contributed by atoms with van der Waals surface area (Å²) in [4.78, 5) is 13.3. The van der Waals surface area contributed by atoms with Crippen molar-refractivity contribution >= 4 is 15.7 Å². The summed E-state index contributed by atoms with van der Waals surface area (Å²) in [6.45, 7) is 1.07. The minimum atomic E-state index is -3.04. The molecule has 0 aliphatic carbocycles. The van der Waals surface area contributed by atoms with Crippen molar-refractivity contribution in [1.82, 2.24) is 5.32 Å². The minimum Gasteiger partial charge on any atom is -0.497 e. The second kappa shape index (κ2) is 9.01. The Balaban J connectivity index is 1.54. The van der Waals surface area contributed by atoms with Gasteiger partial charge >= 0.3 is 0 Å². The molecule has 0 bridgehead atoms. The van der Waals surface area contributed by atoms with Crippen LogP contribution in [0.5, 0.6) is 5.75 Å². The fraction of sp³-hybridized carbons (Fsp3) is 0.458. The van der Waals surface area contributed by atoms with Crippen molar-refractivity contribution in [2.75, 3.05) is 31.8 Å². The molecule has 1 atom stereocenters. The zero-order chi connectivity index (χ0) is 21.9. The highest BCUT2D eigenvalue weighted by molar-refractivity contribution is 7.91. The smallest absolute Gasteiger partial charge is 0.226 e. The number of carbonyl (C=O) groups is 1. The lowest BCUT2D eigenvalue weighted by molar-refractivity contribution is -0.137. The number of benzene rings is 2. The first kappa shape index (κ1) is 21.8. The van der Waals surface area contributed by atoms with Gasteiger partial charge in [-0.25, -0.2) is 8.42 Å². The van der Waals surface area contributed by atoms with E-state index in [0.29, 0.717) is 38.9 Å². The van der Waals surface area contributed by atoms with Crippen molar-refractivity contribution < 1.29 is 22.7 Å². The minimum absolute atomic E-state index is 0.0400. The van der Waals surface area contributed by atoms with Gasteiger partial charge in [-0.15, -0.1) is 0 Å². The normalized spacial score (nSPS) is 22.0. The van der Waals surface area contributed by atoms with Crippen molar-refractivity contribution in [3.63, 3.8) is 0 Å². The fourth-order valence-corrected chi connectivity index (χ4v) is 6.20. The van der Waals surface area contributed by atoms with E-state index in [1.54, 1.807) is 7.11 Å². The molecule has 2 heterocycles. The Morgan fingerprint density at radius 1 is 1.13 bits per heavy atom. The van der Waals surface area contributed by atoms with E-state index in [0.717, 1.165) is 22.4 Å². The summed E-state index contributed by atoms with van der Waals surface area (Å²) >= 11 is 0. The Hall–Kier alpha value is -2.38. The summed E-state index contributed by atoms with van der Waals surface area (Å²) in [6, 6.07) is 15.9. The predicted molar refractivity (Wildman–Crippen MR) is 120 cm³/mol. The lowest BCUT2D eigenvalue weighted by Gasteiger charge is -2.36. The van der Waals surface area contributed by atoms with E-state index in [1.165, 1.54) is 0 Å². The molecule has 0 spiro atoms. The second-order valence-electron chi connectivity index (χ2n) is 8.57. The van der Waals surface area contributed by atoms with Gasteiger partial charge in [0.15, 0.2) is 9.84 Å². The Labute approximate surface area is 183 Å². The van der Waals surface area contributed by atoms with Gasteiger partial charge in [-0.1, -0.05) is 36.4 Å². The van der Waals surface area contributed by atoms with Crippen molar-refractivity contribution in [3.8, 4) is 16.9 Å². The molecule has 2 aliphatic rings. The third-order valence-corrected chi connectivity index (χ3v) is 8.16. The first-order chi connectivity index (χ1) is 14.9. The molecule has 2 aromatic rings. The number of amides is 1. The molecule has 1 amide bonds. The molecule has 0 radical (unpaired) electrons. The first-order valence-corrected chi connectivity index (χ1v) is 12.5. The zero-order valence-corrected chi connectivity index (χ0v) is 18.6. The zero-order valence-electron chi connectivity index (χ0n) is 17.8. The fourth-order valence-electron chi connectivity index (χ4n) is 4.53. The topological polar surface area (TPSA) is 81.7 Å². The quantitative estimate of drug-likeness (QED) is 0.742. The van der Waals surface area contributed by atoms with Crippen molar-refractivity contribution in [1.29, 1.82) is 0 Å². The lowest BCUT2D eigenvalue weighted by atomic mass is 9.74. The number of sulfone groups is 1. The van der Waals surface area contributed by atoms with Gasteiger partial charge < -0.3 is 14.8 Å². The van der Waals surface area contributed by atoms with Crippen LogP contribution in [-0.4, -0.2) is 52.2 Å². The summed E-state index contributed by atoms with van der Waals surface area (Å²) in [5.41, 5.74) is 2.68. The molecule has 166 valence electrons. The molecule has 2 aromatic carbocycles. The van der Waals surface area contributed by atoms with Gasteiger partial charge in [-0.2, -0.15) is 0 Å².